The zero-order valence-corrected chi connectivity index (χ0v) is 16.7. The molecule has 0 saturated heterocycles. The Balaban J connectivity index is 4.68. The minimum Gasteiger partial charge on any atom is -0.437 e. The Bertz CT molecular complexity index is 250. The standard InChI is InChI=1S/C12H34N2O2Si3/c1-17(2,3)15-18(4,5)16-19(6,11-7-9-13)12-8-10-14/h7-14H2,1-6H3. The molecule has 19 heavy (non-hydrogen) atoms. The molecule has 4 N–H and O–H groups in total. The van der Waals surface area contributed by atoms with Crippen LogP contribution in [0.15, 0.2) is 0 Å². The van der Waals surface area contributed by atoms with Gasteiger partial charge >= 0.3 is 8.56 Å². The first-order valence-corrected chi connectivity index (χ1v) is 16.4. The van der Waals surface area contributed by atoms with Crippen molar-refractivity contribution in [2.45, 2.75) is 64.2 Å². The fourth-order valence-electron chi connectivity index (χ4n) is 2.53. The number of rotatable bonds is 10. The highest BCUT2D eigenvalue weighted by Crippen LogP contribution is 2.27. The summed E-state index contributed by atoms with van der Waals surface area (Å²) in [6, 6.07) is 2.24. The number of hydrogen-bond acceptors (Lipinski definition) is 4. The lowest BCUT2D eigenvalue weighted by molar-refractivity contribution is 0.386. The van der Waals surface area contributed by atoms with Gasteiger partial charge in [0.2, 0.25) is 0 Å². The van der Waals surface area contributed by atoms with Gasteiger partial charge in [-0.1, -0.05) is 0 Å². The van der Waals surface area contributed by atoms with Gasteiger partial charge in [-0.25, -0.2) is 0 Å². The van der Waals surface area contributed by atoms with Crippen molar-refractivity contribution in [2.75, 3.05) is 13.1 Å². The highest BCUT2D eigenvalue weighted by molar-refractivity contribution is 6.87. The molecule has 0 aromatic rings. The molecule has 0 bridgehead atoms. The number of hydrogen-bond donors (Lipinski definition) is 2. The minimum absolute atomic E-state index is 0.742. The summed E-state index contributed by atoms with van der Waals surface area (Å²) in [5.41, 5.74) is 11.3. The van der Waals surface area contributed by atoms with Gasteiger partial charge in [-0.05, 0) is 77.3 Å². The molecule has 0 aromatic heterocycles. The van der Waals surface area contributed by atoms with Crippen LogP contribution in [-0.2, 0) is 8.23 Å². The Labute approximate surface area is 122 Å². The van der Waals surface area contributed by atoms with Gasteiger partial charge in [0.05, 0.1) is 0 Å². The molecule has 0 heterocycles. The van der Waals surface area contributed by atoms with E-state index in [4.69, 9.17) is 19.7 Å². The van der Waals surface area contributed by atoms with E-state index in [0.29, 0.717) is 0 Å². The normalized spacial score (nSPS) is 13.9. The second-order valence-electron chi connectivity index (χ2n) is 6.95. The van der Waals surface area contributed by atoms with Crippen molar-refractivity contribution >= 4 is 25.2 Å². The fourth-order valence-corrected chi connectivity index (χ4v) is 16.7. The van der Waals surface area contributed by atoms with E-state index in [9.17, 15) is 0 Å². The molecule has 0 saturated carbocycles. The van der Waals surface area contributed by atoms with Crippen molar-refractivity contribution < 1.29 is 8.23 Å². The highest BCUT2D eigenvalue weighted by atomic mass is 28.5. The van der Waals surface area contributed by atoms with Crippen LogP contribution in [0.5, 0.6) is 0 Å². The summed E-state index contributed by atoms with van der Waals surface area (Å²) in [6.45, 7) is 14.8. The van der Waals surface area contributed by atoms with Gasteiger partial charge in [-0.2, -0.15) is 0 Å². The molecule has 0 radical (unpaired) electrons. The molecular formula is C12H34N2O2Si3. The SMILES string of the molecule is C[Si](C)(C)O[Si](C)(C)O[Si](C)(CCCN)CCCN. The van der Waals surface area contributed by atoms with Crippen LogP contribution in [0, 0.1) is 0 Å². The molecule has 0 atom stereocenters. The van der Waals surface area contributed by atoms with Gasteiger partial charge in [0.1, 0.15) is 0 Å². The molecule has 0 unspecified atom stereocenters. The summed E-state index contributed by atoms with van der Waals surface area (Å²) < 4.78 is 12.9. The lowest BCUT2D eigenvalue weighted by Gasteiger charge is -2.39. The van der Waals surface area contributed by atoms with E-state index in [1.807, 2.05) is 0 Å². The van der Waals surface area contributed by atoms with Crippen molar-refractivity contribution in [2.24, 2.45) is 11.5 Å². The Hall–Kier alpha value is 0.491. The minimum atomic E-state index is -2.03. The van der Waals surface area contributed by atoms with E-state index in [-0.39, 0.29) is 0 Å². The van der Waals surface area contributed by atoms with E-state index in [2.05, 4.69) is 39.3 Å². The Morgan fingerprint density at radius 3 is 1.47 bits per heavy atom. The van der Waals surface area contributed by atoms with Crippen LogP contribution in [0.1, 0.15) is 12.8 Å². The maximum atomic E-state index is 6.58. The summed E-state index contributed by atoms with van der Waals surface area (Å²) in [4.78, 5) is 0. The molecule has 0 fully saturated rings. The monoisotopic (exact) mass is 322 g/mol. The van der Waals surface area contributed by atoms with Crippen molar-refractivity contribution in [1.29, 1.82) is 0 Å². The average Bonchev–Trinajstić information content (AvgIpc) is 2.19. The first kappa shape index (κ1) is 19.5. The fraction of sp³-hybridized carbons (Fsp3) is 1.00. The maximum Gasteiger partial charge on any atom is 0.311 e. The lowest BCUT2D eigenvalue weighted by atomic mass is 10.5. The highest BCUT2D eigenvalue weighted by Gasteiger charge is 2.39. The van der Waals surface area contributed by atoms with Crippen LogP contribution < -0.4 is 11.5 Å². The molecule has 116 valence electrons. The van der Waals surface area contributed by atoms with Crippen molar-refractivity contribution in [3.63, 3.8) is 0 Å². The Morgan fingerprint density at radius 2 is 1.16 bits per heavy atom. The van der Waals surface area contributed by atoms with Crippen LogP contribution >= 0.6 is 0 Å². The zero-order chi connectivity index (χ0) is 15.2. The van der Waals surface area contributed by atoms with Crippen LogP contribution in [0.4, 0.5) is 0 Å². The van der Waals surface area contributed by atoms with E-state index < -0.39 is 25.2 Å². The molecule has 0 aliphatic rings. The Kier molecular flexibility index (Phi) is 8.27. The lowest BCUT2D eigenvalue weighted by Crippen LogP contribution is -2.52. The van der Waals surface area contributed by atoms with Gasteiger partial charge in [0.25, 0.3) is 0 Å². The van der Waals surface area contributed by atoms with E-state index in [0.717, 1.165) is 38.0 Å². The smallest absolute Gasteiger partial charge is 0.311 e. The van der Waals surface area contributed by atoms with E-state index >= 15 is 0 Å². The second kappa shape index (κ2) is 8.06. The van der Waals surface area contributed by atoms with Crippen molar-refractivity contribution in [1.82, 2.24) is 0 Å². The van der Waals surface area contributed by atoms with Gasteiger partial charge in [0, 0.05) is 0 Å². The third kappa shape index (κ3) is 9.94. The zero-order valence-electron chi connectivity index (χ0n) is 13.7. The molecular weight excluding hydrogens is 288 g/mol. The largest absolute Gasteiger partial charge is 0.437 e. The summed E-state index contributed by atoms with van der Waals surface area (Å²) in [7, 11) is -5.31. The van der Waals surface area contributed by atoms with Crippen LogP contribution in [0.25, 0.3) is 0 Å². The van der Waals surface area contributed by atoms with Gasteiger partial charge in [-0.3, -0.25) is 0 Å². The molecule has 4 nitrogen and oxygen atoms in total. The quantitative estimate of drug-likeness (QED) is 0.607. The third-order valence-corrected chi connectivity index (χ3v) is 14.0. The molecule has 0 aliphatic carbocycles. The van der Waals surface area contributed by atoms with Crippen LogP contribution in [-0.4, -0.2) is 38.3 Å². The van der Waals surface area contributed by atoms with Gasteiger partial charge in [0.15, 0.2) is 16.6 Å². The van der Waals surface area contributed by atoms with E-state index in [1.54, 1.807) is 0 Å². The summed E-state index contributed by atoms with van der Waals surface area (Å²) in [5, 5.41) is 0. The Morgan fingerprint density at radius 1 is 0.737 bits per heavy atom. The maximum absolute atomic E-state index is 6.58. The molecule has 0 amide bonds. The predicted octanol–water partition coefficient (Wildman–Crippen LogP) is 2.83. The predicted molar refractivity (Wildman–Crippen MR) is 91.6 cm³/mol. The molecule has 0 rings (SSSR count). The summed E-state index contributed by atoms with van der Waals surface area (Å²) in [6.07, 6.45) is 2.09. The number of nitrogens with two attached hydrogens (primary N) is 2. The molecule has 0 aliphatic heterocycles. The van der Waals surface area contributed by atoms with Crippen LogP contribution in [0.2, 0.25) is 51.4 Å². The molecule has 0 spiro atoms. The topological polar surface area (TPSA) is 70.5 Å². The van der Waals surface area contributed by atoms with Gasteiger partial charge in [-0.15, -0.1) is 0 Å². The molecule has 0 aromatic carbocycles. The molecule has 7 heteroatoms. The summed E-state index contributed by atoms with van der Waals surface area (Å²) >= 11 is 0. The van der Waals surface area contributed by atoms with E-state index in [1.165, 1.54) is 0 Å². The summed E-state index contributed by atoms with van der Waals surface area (Å²) in [5.74, 6) is 0. The first-order valence-electron chi connectivity index (χ1n) is 7.34. The van der Waals surface area contributed by atoms with Gasteiger partial charge < -0.3 is 19.7 Å². The van der Waals surface area contributed by atoms with Crippen molar-refractivity contribution in [3.8, 4) is 0 Å². The van der Waals surface area contributed by atoms with Crippen LogP contribution in [0.3, 0.4) is 0 Å². The first-order chi connectivity index (χ1) is 8.54. The van der Waals surface area contributed by atoms with Crippen molar-refractivity contribution in [3.05, 3.63) is 0 Å². The third-order valence-electron chi connectivity index (χ3n) is 2.86. The second-order valence-corrected chi connectivity index (χ2v) is 19.5. The average molecular weight is 323 g/mol.